The summed E-state index contributed by atoms with van der Waals surface area (Å²) in [6.45, 7) is 0. The maximum Gasteiger partial charge on any atom is 0.416 e. The van der Waals surface area contributed by atoms with Gasteiger partial charge in [-0.25, -0.2) is 9.67 Å². The van der Waals surface area contributed by atoms with Crippen LogP contribution in [-0.2, 0) is 13.2 Å². The fourth-order valence-electron chi connectivity index (χ4n) is 1.44. The van der Waals surface area contributed by atoms with Crippen LogP contribution in [0.15, 0.2) is 29.0 Å². The van der Waals surface area contributed by atoms with Crippen LogP contribution in [0.1, 0.15) is 5.56 Å². The molecule has 0 fully saturated rings. The first-order valence-electron chi connectivity index (χ1n) is 4.62. The van der Waals surface area contributed by atoms with Gasteiger partial charge in [-0.1, -0.05) is 12.1 Å². The second-order valence-electron chi connectivity index (χ2n) is 3.41. The van der Waals surface area contributed by atoms with Crippen molar-refractivity contribution in [3.05, 3.63) is 34.6 Å². The van der Waals surface area contributed by atoms with Crippen molar-refractivity contribution in [1.29, 1.82) is 0 Å². The van der Waals surface area contributed by atoms with Gasteiger partial charge in [0, 0.05) is 12.6 Å². The number of aromatic nitrogens is 3. The highest BCUT2D eigenvalue weighted by Gasteiger charge is 2.30. The molecule has 0 aliphatic heterocycles. The Labute approximate surface area is 103 Å². The average Bonchev–Trinajstić information content (AvgIpc) is 2.57. The summed E-state index contributed by atoms with van der Waals surface area (Å²) in [5.74, 6) is 0.378. The molecule has 0 unspecified atom stereocenters. The van der Waals surface area contributed by atoms with E-state index in [1.54, 1.807) is 13.1 Å². The highest BCUT2D eigenvalue weighted by atomic mass is 79.9. The van der Waals surface area contributed by atoms with Crippen molar-refractivity contribution in [3.63, 3.8) is 0 Å². The molecule has 0 saturated carbocycles. The van der Waals surface area contributed by atoms with E-state index in [1.807, 2.05) is 0 Å². The molecule has 2 rings (SSSR count). The zero-order valence-corrected chi connectivity index (χ0v) is 10.2. The van der Waals surface area contributed by atoms with Crippen molar-refractivity contribution in [2.45, 2.75) is 6.18 Å². The molecule has 0 aliphatic rings. The summed E-state index contributed by atoms with van der Waals surface area (Å²) in [7, 11) is 1.62. The molecule has 0 radical (unpaired) electrons. The highest BCUT2D eigenvalue weighted by Crippen LogP contribution is 2.31. The van der Waals surface area contributed by atoms with Crippen LogP contribution in [0.5, 0.6) is 0 Å². The van der Waals surface area contributed by atoms with E-state index in [9.17, 15) is 13.2 Å². The minimum atomic E-state index is -4.36. The van der Waals surface area contributed by atoms with E-state index in [4.69, 9.17) is 0 Å². The van der Waals surface area contributed by atoms with Crippen LogP contribution < -0.4 is 0 Å². The Balaban J connectivity index is 2.50. The normalized spacial score (nSPS) is 11.8. The van der Waals surface area contributed by atoms with Gasteiger partial charge >= 0.3 is 6.18 Å². The number of alkyl halides is 3. The van der Waals surface area contributed by atoms with Crippen LogP contribution in [-0.4, -0.2) is 14.8 Å². The minimum absolute atomic E-state index is 0.340. The smallest absolute Gasteiger partial charge is 0.248 e. The van der Waals surface area contributed by atoms with Gasteiger partial charge in [-0.2, -0.15) is 13.2 Å². The molecular formula is C10H7BrF3N3. The van der Waals surface area contributed by atoms with Gasteiger partial charge in [-0.15, -0.1) is 5.10 Å². The quantitative estimate of drug-likeness (QED) is 0.809. The van der Waals surface area contributed by atoms with E-state index in [1.165, 1.54) is 10.7 Å². The van der Waals surface area contributed by atoms with E-state index in [0.29, 0.717) is 16.1 Å². The Morgan fingerprint density at radius 3 is 2.53 bits per heavy atom. The number of benzene rings is 1. The molecule has 0 atom stereocenters. The average molecular weight is 306 g/mol. The molecule has 0 aliphatic carbocycles. The number of hydrogen-bond acceptors (Lipinski definition) is 2. The molecule has 0 amide bonds. The molecule has 1 aromatic carbocycles. The Bertz CT molecular complexity index is 548. The van der Waals surface area contributed by atoms with E-state index < -0.39 is 11.7 Å². The third kappa shape index (κ3) is 2.49. The van der Waals surface area contributed by atoms with E-state index in [2.05, 4.69) is 26.0 Å². The van der Waals surface area contributed by atoms with E-state index in [0.717, 1.165) is 12.1 Å². The summed E-state index contributed by atoms with van der Waals surface area (Å²) in [5.41, 5.74) is -0.324. The first kappa shape index (κ1) is 12.1. The van der Waals surface area contributed by atoms with Gasteiger partial charge in [-0.05, 0) is 28.1 Å². The second-order valence-corrected chi connectivity index (χ2v) is 4.12. The van der Waals surface area contributed by atoms with Gasteiger partial charge in [0.25, 0.3) is 0 Å². The van der Waals surface area contributed by atoms with Gasteiger partial charge in [0.1, 0.15) is 0 Å². The zero-order valence-electron chi connectivity index (χ0n) is 8.66. The first-order valence-corrected chi connectivity index (χ1v) is 5.41. The lowest BCUT2D eigenvalue weighted by molar-refractivity contribution is -0.137. The van der Waals surface area contributed by atoms with E-state index in [-0.39, 0.29) is 0 Å². The molecule has 0 N–H and O–H groups in total. The predicted molar refractivity (Wildman–Crippen MR) is 59.1 cm³/mol. The molecule has 90 valence electrons. The molecule has 7 heteroatoms. The number of hydrogen-bond donors (Lipinski definition) is 0. The highest BCUT2D eigenvalue weighted by molar-refractivity contribution is 9.10. The third-order valence-electron chi connectivity index (χ3n) is 2.19. The molecular weight excluding hydrogens is 299 g/mol. The summed E-state index contributed by atoms with van der Waals surface area (Å²) in [4.78, 5) is 4.00. The maximum absolute atomic E-state index is 12.5. The predicted octanol–water partition coefficient (Wildman–Crippen LogP) is 3.26. The van der Waals surface area contributed by atoms with Gasteiger partial charge < -0.3 is 0 Å². The topological polar surface area (TPSA) is 30.7 Å². The summed E-state index contributed by atoms with van der Waals surface area (Å²) in [5, 5.41) is 3.92. The van der Waals surface area contributed by atoms with Crippen LogP contribution in [0, 0.1) is 0 Å². The molecule has 1 aromatic heterocycles. The fraction of sp³-hybridized carbons (Fsp3) is 0.200. The number of halogens is 4. The molecule has 2 aromatic rings. The molecule has 1 heterocycles. The lowest BCUT2D eigenvalue weighted by Gasteiger charge is -2.07. The number of rotatable bonds is 1. The molecule has 17 heavy (non-hydrogen) atoms. The van der Waals surface area contributed by atoms with Gasteiger partial charge in [0.2, 0.25) is 4.73 Å². The Morgan fingerprint density at radius 1 is 1.29 bits per heavy atom. The van der Waals surface area contributed by atoms with Crippen LogP contribution in [0.2, 0.25) is 0 Å². The monoisotopic (exact) mass is 305 g/mol. The fourth-order valence-corrected chi connectivity index (χ4v) is 1.85. The summed E-state index contributed by atoms with van der Waals surface area (Å²) in [6, 6.07) is 4.98. The molecule has 0 saturated heterocycles. The Hall–Kier alpha value is -1.37. The standard InChI is InChI=1S/C10H7BrF3N3/c1-17-8(15-9(11)16-17)6-3-2-4-7(5-6)10(12,13)14/h2-5H,1H3. The zero-order chi connectivity index (χ0) is 12.6. The van der Waals surface area contributed by atoms with Crippen LogP contribution in [0.4, 0.5) is 13.2 Å². The van der Waals surface area contributed by atoms with Crippen molar-refractivity contribution in [2.75, 3.05) is 0 Å². The van der Waals surface area contributed by atoms with Crippen LogP contribution >= 0.6 is 15.9 Å². The van der Waals surface area contributed by atoms with Crippen LogP contribution in [0.3, 0.4) is 0 Å². The number of nitrogens with zero attached hydrogens (tertiary/aromatic N) is 3. The van der Waals surface area contributed by atoms with Crippen molar-refractivity contribution < 1.29 is 13.2 Å². The molecule has 3 nitrogen and oxygen atoms in total. The Kier molecular flexibility index (Phi) is 2.94. The Morgan fingerprint density at radius 2 is 2.00 bits per heavy atom. The van der Waals surface area contributed by atoms with Crippen molar-refractivity contribution in [1.82, 2.24) is 14.8 Å². The molecule has 0 spiro atoms. The largest absolute Gasteiger partial charge is 0.416 e. The van der Waals surface area contributed by atoms with Crippen molar-refractivity contribution in [3.8, 4) is 11.4 Å². The minimum Gasteiger partial charge on any atom is -0.248 e. The summed E-state index contributed by atoms with van der Waals surface area (Å²) in [6.07, 6.45) is -4.36. The van der Waals surface area contributed by atoms with Crippen molar-refractivity contribution in [2.24, 2.45) is 7.05 Å². The lowest BCUT2D eigenvalue weighted by atomic mass is 10.1. The van der Waals surface area contributed by atoms with Gasteiger partial charge in [0.15, 0.2) is 5.82 Å². The second kappa shape index (κ2) is 4.14. The lowest BCUT2D eigenvalue weighted by Crippen LogP contribution is -2.05. The van der Waals surface area contributed by atoms with Gasteiger partial charge in [-0.3, -0.25) is 0 Å². The third-order valence-corrected chi connectivity index (χ3v) is 2.52. The number of aryl methyl sites for hydroxylation is 1. The van der Waals surface area contributed by atoms with Gasteiger partial charge in [0.05, 0.1) is 5.56 Å². The van der Waals surface area contributed by atoms with Crippen LogP contribution in [0.25, 0.3) is 11.4 Å². The maximum atomic E-state index is 12.5. The summed E-state index contributed by atoms with van der Waals surface area (Å²) >= 11 is 3.07. The van der Waals surface area contributed by atoms with Crippen molar-refractivity contribution >= 4 is 15.9 Å². The van der Waals surface area contributed by atoms with E-state index >= 15 is 0 Å². The summed E-state index contributed by atoms with van der Waals surface area (Å²) < 4.78 is 39.4. The molecule has 0 bridgehead atoms. The first-order chi connectivity index (χ1) is 7.88. The SMILES string of the molecule is Cn1nc(Br)nc1-c1cccc(C(F)(F)F)c1.